The maximum Gasteiger partial charge on any atom is 0.340 e. The van der Waals surface area contributed by atoms with Gasteiger partial charge in [0.2, 0.25) is 5.91 Å². The lowest BCUT2D eigenvalue weighted by atomic mass is 10.1. The van der Waals surface area contributed by atoms with Crippen LogP contribution in [-0.2, 0) is 14.3 Å². The molecule has 4 N–H and O–H groups in total. The molecular weight excluding hydrogens is 330 g/mol. The van der Waals surface area contributed by atoms with Gasteiger partial charge >= 0.3 is 5.97 Å². The normalized spacial score (nSPS) is 9.92. The van der Waals surface area contributed by atoms with Crippen LogP contribution < -0.4 is 16.4 Å². The molecule has 2 aromatic rings. The molecule has 1 heterocycles. The number of furan rings is 1. The van der Waals surface area contributed by atoms with Crippen molar-refractivity contribution < 1.29 is 28.3 Å². The number of esters is 1. The topological polar surface area (TPSA) is 141 Å². The summed E-state index contributed by atoms with van der Waals surface area (Å²) in [4.78, 5) is 46.1. The summed E-state index contributed by atoms with van der Waals surface area (Å²) in [7, 11) is 0. The van der Waals surface area contributed by atoms with Gasteiger partial charge in [-0.1, -0.05) is 12.1 Å². The summed E-state index contributed by atoms with van der Waals surface area (Å²) in [6.45, 7) is -0.946. The van der Waals surface area contributed by atoms with Gasteiger partial charge in [-0.3, -0.25) is 14.4 Å². The summed E-state index contributed by atoms with van der Waals surface area (Å²) in [5.74, 6) is -2.67. The van der Waals surface area contributed by atoms with Crippen LogP contribution in [0.4, 0.5) is 5.69 Å². The van der Waals surface area contributed by atoms with Gasteiger partial charge < -0.3 is 25.5 Å². The number of amides is 3. The number of carbonyl (C=O) groups is 4. The number of rotatable bonds is 7. The molecule has 0 radical (unpaired) electrons. The first-order chi connectivity index (χ1) is 12.0. The van der Waals surface area contributed by atoms with E-state index in [2.05, 4.69) is 10.6 Å². The fourth-order valence-electron chi connectivity index (χ4n) is 1.81. The third-order valence-electron chi connectivity index (χ3n) is 2.93. The predicted molar refractivity (Wildman–Crippen MR) is 85.6 cm³/mol. The van der Waals surface area contributed by atoms with Gasteiger partial charge in [0, 0.05) is 0 Å². The fraction of sp³-hybridized carbons (Fsp3) is 0.125. The van der Waals surface area contributed by atoms with Crippen LogP contribution in [0.2, 0.25) is 0 Å². The van der Waals surface area contributed by atoms with E-state index in [0.29, 0.717) is 0 Å². The van der Waals surface area contributed by atoms with E-state index in [1.165, 1.54) is 24.5 Å². The molecule has 0 aliphatic rings. The number of anilines is 1. The van der Waals surface area contributed by atoms with Gasteiger partial charge in [-0.15, -0.1) is 0 Å². The lowest BCUT2D eigenvalue weighted by molar-refractivity contribution is -0.127. The molecule has 1 aromatic carbocycles. The van der Waals surface area contributed by atoms with Crippen molar-refractivity contribution in [3.05, 3.63) is 54.0 Å². The molecule has 0 atom stereocenters. The van der Waals surface area contributed by atoms with E-state index >= 15 is 0 Å². The van der Waals surface area contributed by atoms with Crippen molar-refractivity contribution in [2.45, 2.75) is 0 Å². The highest BCUT2D eigenvalue weighted by Gasteiger charge is 2.17. The summed E-state index contributed by atoms with van der Waals surface area (Å²) in [5.41, 5.74) is 5.15. The first kappa shape index (κ1) is 17.7. The molecule has 9 heteroatoms. The van der Waals surface area contributed by atoms with Gasteiger partial charge in [0.05, 0.1) is 24.1 Å². The maximum absolute atomic E-state index is 12.1. The first-order valence-corrected chi connectivity index (χ1v) is 7.13. The molecule has 0 spiro atoms. The van der Waals surface area contributed by atoms with Gasteiger partial charge in [0.15, 0.2) is 12.4 Å². The average Bonchev–Trinajstić information content (AvgIpc) is 3.13. The lowest BCUT2D eigenvalue weighted by Crippen LogP contribution is -2.36. The SMILES string of the molecule is NC(=O)CNC(=O)COC(=O)c1ccccc1NC(=O)c1ccco1. The largest absolute Gasteiger partial charge is 0.459 e. The summed E-state index contributed by atoms with van der Waals surface area (Å²) in [5, 5.41) is 4.71. The number of hydrogen-bond donors (Lipinski definition) is 3. The molecule has 0 saturated carbocycles. The van der Waals surface area contributed by atoms with Crippen molar-refractivity contribution in [2.24, 2.45) is 5.73 Å². The van der Waals surface area contributed by atoms with Gasteiger partial charge in [0.25, 0.3) is 11.8 Å². The number of nitrogens with one attached hydrogen (secondary N) is 2. The molecule has 25 heavy (non-hydrogen) atoms. The Balaban J connectivity index is 1.99. The minimum Gasteiger partial charge on any atom is -0.459 e. The maximum atomic E-state index is 12.1. The van der Waals surface area contributed by atoms with Crippen LogP contribution in [0.5, 0.6) is 0 Å². The average molecular weight is 345 g/mol. The first-order valence-electron chi connectivity index (χ1n) is 7.13. The number of para-hydroxylation sites is 1. The van der Waals surface area contributed by atoms with Crippen LogP contribution in [0.15, 0.2) is 47.1 Å². The van der Waals surface area contributed by atoms with Gasteiger partial charge in [0.1, 0.15) is 0 Å². The second kappa shape index (κ2) is 8.29. The minimum absolute atomic E-state index is 0.0603. The number of benzene rings is 1. The van der Waals surface area contributed by atoms with Crippen LogP contribution in [0.1, 0.15) is 20.9 Å². The number of primary amides is 1. The molecule has 0 aliphatic heterocycles. The fourth-order valence-corrected chi connectivity index (χ4v) is 1.81. The second-order valence-electron chi connectivity index (χ2n) is 4.80. The van der Waals surface area contributed by atoms with Gasteiger partial charge in [-0.2, -0.15) is 0 Å². The Kier molecular flexibility index (Phi) is 5.88. The van der Waals surface area contributed by atoms with E-state index in [1.807, 2.05) is 0 Å². The van der Waals surface area contributed by atoms with E-state index in [9.17, 15) is 19.2 Å². The van der Waals surface area contributed by atoms with E-state index < -0.39 is 30.3 Å². The Hall–Kier alpha value is -3.62. The van der Waals surface area contributed by atoms with Crippen LogP contribution >= 0.6 is 0 Å². The van der Waals surface area contributed by atoms with Crippen molar-refractivity contribution in [3.63, 3.8) is 0 Å². The quantitative estimate of drug-likeness (QED) is 0.616. The zero-order valence-corrected chi connectivity index (χ0v) is 13.0. The molecule has 9 nitrogen and oxygen atoms in total. The summed E-state index contributed by atoms with van der Waals surface area (Å²) in [6, 6.07) is 9.16. The Morgan fingerprint density at radius 2 is 1.84 bits per heavy atom. The number of carbonyl (C=O) groups excluding carboxylic acids is 4. The zero-order valence-electron chi connectivity index (χ0n) is 13.0. The summed E-state index contributed by atoms with van der Waals surface area (Å²) in [6.07, 6.45) is 1.35. The predicted octanol–water partition coefficient (Wildman–Crippen LogP) is 0.290. The van der Waals surface area contributed by atoms with Crippen molar-refractivity contribution in [1.82, 2.24) is 5.32 Å². The Morgan fingerprint density at radius 1 is 1.08 bits per heavy atom. The lowest BCUT2D eigenvalue weighted by Gasteiger charge is -2.10. The van der Waals surface area contributed by atoms with Crippen LogP contribution in [0.25, 0.3) is 0 Å². The van der Waals surface area contributed by atoms with E-state index in [0.717, 1.165) is 0 Å². The molecule has 3 amide bonds. The van der Waals surface area contributed by atoms with Crippen molar-refractivity contribution >= 4 is 29.4 Å². The summed E-state index contributed by atoms with van der Waals surface area (Å²) < 4.78 is 9.83. The number of nitrogens with two attached hydrogens (primary N) is 1. The number of hydrogen-bond acceptors (Lipinski definition) is 6. The smallest absolute Gasteiger partial charge is 0.340 e. The van der Waals surface area contributed by atoms with Gasteiger partial charge in [-0.25, -0.2) is 4.79 Å². The highest BCUT2D eigenvalue weighted by molar-refractivity contribution is 6.06. The second-order valence-corrected chi connectivity index (χ2v) is 4.80. The third-order valence-corrected chi connectivity index (χ3v) is 2.93. The van der Waals surface area contributed by atoms with Crippen LogP contribution in [0, 0.1) is 0 Å². The molecule has 0 aliphatic carbocycles. The third kappa shape index (κ3) is 5.20. The molecule has 2 rings (SSSR count). The highest BCUT2D eigenvalue weighted by atomic mass is 16.5. The van der Waals surface area contributed by atoms with E-state index in [4.69, 9.17) is 14.9 Å². The zero-order chi connectivity index (χ0) is 18.2. The Labute approximate surface area is 142 Å². The molecule has 0 bridgehead atoms. The summed E-state index contributed by atoms with van der Waals surface area (Å²) >= 11 is 0. The van der Waals surface area contributed by atoms with Crippen LogP contribution in [0.3, 0.4) is 0 Å². The Bertz CT molecular complexity index is 785. The van der Waals surface area contributed by atoms with Crippen molar-refractivity contribution in [2.75, 3.05) is 18.5 Å². The van der Waals surface area contributed by atoms with Crippen molar-refractivity contribution in [1.29, 1.82) is 0 Å². The van der Waals surface area contributed by atoms with E-state index in [1.54, 1.807) is 18.2 Å². The number of ether oxygens (including phenoxy) is 1. The molecule has 0 fully saturated rings. The molecule has 1 aromatic heterocycles. The monoisotopic (exact) mass is 345 g/mol. The Morgan fingerprint density at radius 3 is 2.52 bits per heavy atom. The van der Waals surface area contributed by atoms with Crippen molar-refractivity contribution in [3.8, 4) is 0 Å². The standard InChI is InChI=1S/C16H15N3O6/c17-13(20)8-18-14(21)9-25-16(23)10-4-1-2-5-11(10)19-15(22)12-6-3-7-24-12/h1-7H,8-9H2,(H2,17,20)(H,18,21)(H,19,22). The minimum atomic E-state index is -0.815. The molecular formula is C16H15N3O6. The van der Waals surface area contributed by atoms with Crippen LogP contribution in [-0.4, -0.2) is 36.8 Å². The van der Waals surface area contributed by atoms with Gasteiger partial charge in [-0.05, 0) is 24.3 Å². The molecule has 0 unspecified atom stereocenters. The van der Waals surface area contributed by atoms with E-state index in [-0.39, 0.29) is 23.6 Å². The molecule has 130 valence electrons. The molecule has 0 saturated heterocycles. The highest BCUT2D eigenvalue weighted by Crippen LogP contribution is 2.17.